The van der Waals surface area contributed by atoms with Crippen molar-refractivity contribution in [2.24, 2.45) is 0 Å². The molecule has 0 saturated carbocycles. The van der Waals surface area contributed by atoms with Gasteiger partial charge in [-0.25, -0.2) is 0 Å². The van der Waals surface area contributed by atoms with Crippen LogP contribution in [0.3, 0.4) is 0 Å². The summed E-state index contributed by atoms with van der Waals surface area (Å²) in [5.74, 6) is 0.0899. The van der Waals surface area contributed by atoms with E-state index in [1.165, 1.54) is 38.8 Å². The van der Waals surface area contributed by atoms with Crippen molar-refractivity contribution in [2.45, 2.75) is 39.0 Å². The van der Waals surface area contributed by atoms with Crippen molar-refractivity contribution < 1.29 is 9.69 Å². The first-order chi connectivity index (χ1) is 9.66. The van der Waals surface area contributed by atoms with Gasteiger partial charge in [0, 0.05) is 10.7 Å². The minimum atomic E-state index is 0.0899. The van der Waals surface area contributed by atoms with Crippen LogP contribution in [-0.4, -0.2) is 25.5 Å². The molecule has 1 heterocycles. The first-order valence-electron chi connectivity index (χ1n) is 7.55. The lowest BCUT2D eigenvalue weighted by Gasteiger charge is -2.17. The number of hydrogen-bond acceptors (Lipinski definition) is 1. The van der Waals surface area contributed by atoms with Crippen molar-refractivity contribution in [3.8, 4) is 0 Å². The highest BCUT2D eigenvalue weighted by Gasteiger charge is 2.14. The highest BCUT2D eigenvalue weighted by molar-refractivity contribution is 6.31. The van der Waals surface area contributed by atoms with Gasteiger partial charge < -0.3 is 10.2 Å². The first kappa shape index (κ1) is 15.3. The van der Waals surface area contributed by atoms with Crippen LogP contribution in [0.25, 0.3) is 0 Å². The Kier molecular flexibility index (Phi) is 5.86. The number of anilines is 1. The first-order valence-corrected chi connectivity index (χ1v) is 7.93. The van der Waals surface area contributed by atoms with E-state index < -0.39 is 0 Å². The maximum Gasteiger partial charge on any atom is 0.230 e. The van der Waals surface area contributed by atoms with Gasteiger partial charge in [0.05, 0.1) is 26.1 Å². The number of hydrogen-bond donors (Lipinski definition) is 2. The molecule has 110 valence electrons. The molecule has 0 spiro atoms. The van der Waals surface area contributed by atoms with E-state index in [1.54, 1.807) is 4.90 Å². The maximum atomic E-state index is 12.0. The lowest BCUT2D eigenvalue weighted by atomic mass is 10.2. The van der Waals surface area contributed by atoms with Crippen molar-refractivity contribution in [2.75, 3.05) is 25.0 Å². The average Bonchev–Trinajstić information content (AvgIpc) is 2.70. The highest BCUT2D eigenvalue weighted by Crippen LogP contribution is 2.22. The predicted octanol–water partition coefficient (Wildman–Crippen LogP) is 2.44. The van der Waals surface area contributed by atoms with E-state index in [-0.39, 0.29) is 5.91 Å². The molecule has 1 aliphatic heterocycles. The van der Waals surface area contributed by atoms with Crippen LogP contribution in [0.4, 0.5) is 5.69 Å². The van der Waals surface area contributed by atoms with Crippen LogP contribution in [0.5, 0.6) is 0 Å². The number of carbonyl (C=O) groups excluding carboxylic acids is 1. The molecule has 1 saturated heterocycles. The topological polar surface area (TPSA) is 33.5 Å². The van der Waals surface area contributed by atoms with Gasteiger partial charge in [0.2, 0.25) is 5.91 Å². The summed E-state index contributed by atoms with van der Waals surface area (Å²) in [6.07, 6.45) is 5.87. The molecule has 0 radical (unpaired) electrons. The molecular formula is C16H24ClN2O+. The van der Waals surface area contributed by atoms with Crippen LogP contribution < -0.4 is 10.2 Å². The van der Waals surface area contributed by atoms with Crippen molar-refractivity contribution in [1.82, 2.24) is 0 Å². The molecule has 3 nitrogen and oxygen atoms in total. The number of halogens is 1. The molecule has 1 fully saturated rings. The third-order valence-electron chi connectivity index (χ3n) is 4.06. The number of nitrogens with one attached hydrogen (secondary N) is 2. The van der Waals surface area contributed by atoms with E-state index in [1.807, 2.05) is 25.1 Å². The molecule has 0 atom stereocenters. The second-order valence-electron chi connectivity index (χ2n) is 5.62. The van der Waals surface area contributed by atoms with Crippen molar-refractivity contribution in [3.63, 3.8) is 0 Å². The second kappa shape index (κ2) is 7.65. The quantitative estimate of drug-likeness (QED) is 0.879. The van der Waals surface area contributed by atoms with E-state index in [0.29, 0.717) is 11.4 Å². The van der Waals surface area contributed by atoms with Crippen LogP contribution in [0.1, 0.15) is 37.7 Å². The molecule has 1 aromatic rings. The van der Waals surface area contributed by atoms with Gasteiger partial charge >= 0.3 is 0 Å². The van der Waals surface area contributed by atoms with E-state index in [0.717, 1.165) is 17.8 Å². The molecule has 1 aromatic carbocycles. The number of carbonyl (C=O) groups is 1. The Bertz CT molecular complexity index is 454. The smallest absolute Gasteiger partial charge is 0.230 e. The standard InChI is InChI=1S/C16H23ClN2O/c1-13-14(17)7-6-8-15(13)18-16(20)9-12-19-10-4-2-3-5-11-19/h6-8H,2-5,9-12H2,1H3,(H,18,20)/p+1. The Labute approximate surface area is 126 Å². The van der Waals surface area contributed by atoms with Gasteiger partial charge in [-0.2, -0.15) is 0 Å². The van der Waals surface area contributed by atoms with E-state index in [4.69, 9.17) is 11.6 Å². The van der Waals surface area contributed by atoms with Crippen LogP contribution in [-0.2, 0) is 4.79 Å². The minimum absolute atomic E-state index is 0.0899. The number of benzene rings is 1. The Morgan fingerprint density at radius 2 is 1.95 bits per heavy atom. The summed E-state index contributed by atoms with van der Waals surface area (Å²) in [5.41, 5.74) is 1.76. The van der Waals surface area contributed by atoms with Crippen LogP contribution in [0, 0.1) is 6.92 Å². The third kappa shape index (κ3) is 4.50. The Morgan fingerprint density at radius 1 is 1.25 bits per heavy atom. The van der Waals surface area contributed by atoms with E-state index >= 15 is 0 Å². The van der Waals surface area contributed by atoms with Crippen molar-refractivity contribution in [3.05, 3.63) is 28.8 Å². The van der Waals surface area contributed by atoms with E-state index in [9.17, 15) is 4.79 Å². The number of quaternary nitrogens is 1. The lowest BCUT2D eigenvalue weighted by Crippen LogP contribution is -3.12. The predicted molar refractivity (Wildman–Crippen MR) is 83.5 cm³/mol. The summed E-state index contributed by atoms with van der Waals surface area (Å²) >= 11 is 6.06. The second-order valence-corrected chi connectivity index (χ2v) is 6.03. The molecule has 0 aliphatic carbocycles. The normalized spacial score (nSPS) is 16.7. The third-order valence-corrected chi connectivity index (χ3v) is 4.47. The van der Waals surface area contributed by atoms with Gasteiger partial charge in [-0.3, -0.25) is 4.79 Å². The molecule has 0 bridgehead atoms. The molecule has 2 N–H and O–H groups in total. The minimum Gasteiger partial charge on any atom is -0.335 e. The highest BCUT2D eigenvalue weighted by atomic mass is 35.5. The molecule has 1 amide bonds. The van der Waals surface area contributed by atoms with Gasteiger partial charge in [0.25, 0.3) is 0 Å². The lowest BCUT2D eigenvalue weighted by molar-refractivity contribution is -0.898. The van der Waals surface area contributed by atoms with Gasteiger partial charge in [0.15, 0.2) is 0 Å². The fourth-order valence-corrected chi connectivity index (χ4v) is 2.90. The zero-order valence-corrected chi connectivity index (χ0v) is 12.9. The fourth-order valence-electron chi connectivity index (χ4n) is 2.72. The Morgan fingerprint density at radius 3 is 2.65 bits per heavy atom. The summed E-state index contributed by atoms with van der Waals surface area (Å²) < 4.78 is 0. The summed E-state index contributed by atoms with van der Waals surface area (Å²) in [6.45, 7) is 5.29. The fraction of sp³-hybridized carbons (Fsp3) is 0.562. The average molecular weight is 296 g/mol. The van der Waals surface area contributed by atoms with Gasteiger partial charge in [-0.15, -0.1) is 0 Å². The molecule has 0 unspecified atom stereocenters. The molecule has 4 heteroatoms. The van der Waals surface area contributed by atoms with Crippen LogP contribution >= 0.6 is 11.6 Å². The molecule has 0 aromatic heterocycles. The van der Waals surface area contributed by atoms with Crippen LogP contribution in [0.2, 0.25) is 5.02 Å². The molecule has 2 rings (SSSR count). The Hall–Kier alpha value is -1.06. The van der Waals surface area contributed by atoms with Gasteiger partial charge in [0.1, 0.15) is 0 Å². The van der Waals surface area contributed by atoms with Crippen molar-refractivity contribution >= 4 is 23.2 Å². The SMILES string of the molecule is Cc1c(Cl)cccc1NC(=O)CC[NH+]1CCCCCC1. The van der Waals surface area contributed by atoms with Gasteiger partial charge in [-0.1, -0.05) is 17.7 Å². The summed E-state index contributed by atoms with van der Waals surface area (Å²) in [6, 6.07) is 5.61. The largest absolute Gasteiger partial charge is 0.335 e. The molecule has 1 aliphatic rings. The summed E-state index contributed by atoms with van der Waals surface area (Å²) in [4.78, 5) is 13.6. The van der Waals surface area contributed by atoms with E-state index in [2.05, 4.69) is 5.32 Å². The number of likely N-dealkylation sites (tertiary alicyclic amines) is 1. The zero-order chi connectivity index (χ0) is 14.4. The zero-order valence-electron chi connectivity index (χ0n) is 12.2. The van der Waals surface area contributed by atoms with Crippen molar-refractivity contribution in [1.29, 1.82) is 0 Å². The maximum absolute atomic E-state index is 12.0. The van der Waals surface area contributed by atoms with Crippen LogP contribution in [0.15, 0.2) is 18.2 Å². The van der Waals surface area contributed by atoms with Gasteiger partial charge in [-0.05, 0) is 50.3 Å². The summed E-state index contributed by atoms with van der Waals surface area (Å²) in [5, 5.41) is 3.66. The Balaban J connectivity index is 1.81. The molecular weight excluding hydrogens is 272 g/mol. The number of rotatable bonds is 4. The summed E-state index contributed by atoms with van der Waals surface area (Å²) in [7, 11) is 0. The monoisotopic (exact) mass is 295 g/mol. The molecule has 20 heavy (non-hydrogen) atoms. The number of amides is 1.